The number of hydrogen-bond acceptors (Lipinski definition) is 6. The maximum atomic E-state index is 12.4. The van der Waals surface area contributed by atoms with Crippen molar-refractivity contribution in [3.63, 3.8) is 0 Å². The Balaban J connectivity index is 1.93. The minimum absolute atomic E-state index is 0.0766. The van der Waals surface area contributed by atoms with Gasteiger partial charge in [-0.2, -0.15) is 0 Å². The molecule has 0 unspecified atom stereocenters. The van der Waals surface area contributed by atoms with Crippen LogP contribution < -0.4 is 24.5 Å². The van der Waals surface area contributed by atoms with E-state index in [0.717, 1.165) is 12.8 Å². The van der Waals surface area contributed by atoms with Crippen molar-refractivity contribution in [1.82, 2.24) is 10.3 Å². The first kappa shape index (κ1) is 23.5. The molecule has 9 heteroatoms. The van der Waals surface area contributed by atoms with Gasteiger partial charge in [-0.3, -0.25) is 10.2 Å². The molecule has 2 rings (SSSR count). The molecule has 0 aromatic heterocycles. The molecule has 1 amide bonds. The maximum Gasteiger partial charge on any atom is 0.266 e. The van der Waals surface area contributed by atoms with Gasteiger partial charge in [0.1, 0.15) is 5.75 Å². The highest BCUT2D eigenvalue weighted by molar-refractivity contribution is 7.89. The second-order valence-corrected chi connectivity index (χ2v) is 8.19. The zero-order valence-electron chi connectivity index (χ0n) is 17.4. The molecule has 2 N–H and O–H groups in total. The fourth-order valence-corrected chi connectivity index (χ4v) is 3.50. The Morgan fingerprint density at radius 2 is 1.63 bits per heavy atom. The molecule has 0 saturated heterocycles. The molecule has 0 bridgehead atoms. The van der Waals surface area contributed by atoms with E-state index in [4.69, 9.17) is 14.2 Å². The van der Waals surface area contributed by atoms with Crippen LogP contribution in [0, 0.1) is 0 Å². The minimum Gasteiger partial charge on any atom is -0.494 e. The monoisotopic (exact) mass is 436 g/mol. The average Bonchev–Trinajstić information content (AvgIpc) is 2.77. The van der Waals surface area contributed by atoms with Crippen LogP contribution >= 0.6 is 0 Å². The predicted molar refractivity (Wildman–Crippen MR) is 113 cm³/mol. The second-order valence-electron chi connectivity index (χ2n) is 6.51. The van der Waals surface area contributed by atoms with Crippen LogP contribution in [-0.4, -0.2) is 35.2 Å². The number of methoxy groups -OCH3 is 2. The minimum atomic E-state index is -3.99. The lowest BCUT2D eigenvalue weighted by Gasteiger charge is -2.12. The van der Waals surface area contributed by atoms with Crippen molar-refractivity contribution in [2.45, 2.75) is 37.5 Å². The molecule has 0 heterocycles. The molecule has 0 radical (unpaired) electrons. The standard InChI is InChI=1S/C21H28N2O6S/c1-4-5-6-7-14-29-17-10-8-16(9-11-17)21(24)22-23-30(25,26)18-12-13-19(27-2)20(15-18)28-3/h8-13,15,23H,4-7,14H2,1-3H3,(H,22,24). The van der Waals surface area contributed by atoms with Crippen molar-refractivity contribution in [1.29, 1.82) is 0 Å². The smallest absolute Gasteiger partial charge is 0.266 e. The number of sulfonamides is 1. The zero-order valence-corrected chi connectivity index (χ0v) is 18.3. The number of rotatable bonds is 12. The summed E-state index contributed by atoms with van der Waals surface area (Å²) in [5.41, 5.74) is 2.49. The van der Waals surface area contributed by atoms with E-state index in [1.54, 1.807) is 24.3 Å². The van der Waals surface area contributed by atoms with Gasteiger partial charge >= 0.3 is 0 Å². The van der Waals surface area contributed by atoms with Gasteiger partial charge in [-0.25, -0.2) is 8.42 Å². The number of hydrazine groups is 1. The Kier molecular flexibility index (Phi) is 8.94. The molecule has 0 atom stereocenters. The first-order valence-electron chi connectivity index (χ1n) is 9.68. The molecular formula is C21H28N2O6S. The van der Waals surface area contributed by atoms with Crippen molar-refractivity contribution < 1.29 is 27.4 Å². The van der Waals surface area contributed by atoms with Crippen LogP contribution in [0.3, 0.4) is 0 Å². The second kappa shape index (κ2) is 11.4. The van der Waals surface area contributed by atoms with E-state index in [1.807, 2.05) is 0 Å². The average molecular weight is 437 g/mol. The summed E-state index contributed by atoms with van der Waals surface area (Å²) in [7, 11) is -1.13. The Bertz CT molecular complexity index is 929. The SMILES string of the molecule is CCCCCCOc1ccc(C(=O)NNS(=O)(=O)c2ccc(OC)c(OC)c2)cc1. The van der Waals surface area contributed by atoms with Gasteiger partial charge in [0, 0.05) is 11.6 Å². The van der Waals surface area contributed by atoms with Gasteiger partial charge in [0.2, 0.25) is 0 Å². The van der Waals surface area contributed by atoms with Gasteiger partial charge in [0.25, 0.3) is 15.9 Å². The van der Waals surface area contributed by atoms with Gasteiger partial charge in [-0.05, 0) is 42.8 Å². The molecule has 2 aromatic rings. The molecule has 164 valence electrons. The van der Waals surface area contributed by atoms with E-state index in [0.29, 0.717) is 23.7 Å². The largest absolute Gasteiger partial charge is 0.494 e. The predicted octanol–water partition coefficient (Wildman–Crippen LogP) is 3.29. The molecule has 2 aromatic carbocycles. The zero-order chi connectivity index (χ0) is 22.0. The normalized spacial score (nSPS) is 11.0. The van der Waals surface area contributed by atoms with Gasteiger partial charge in [-0.1, -0.05) is 26.2 Å². The summed E-state index contributed by atoms with van der Waals surface area (Å²) >= 11 is 0. The highest BCUT2D eigenvalue weighted by atomic mass is 32.2. The highest BCUT2D eigenvalue weighted by Gasteiger charge is 2.18. The van der Waals surface area contributed by atoms with E-state index < -0.39 is 15.9 Å². The fourth-order valence-electron chi connectivity index (χ4n) is 2.65. The summed E-state index contributed by atoms with van der Waals surface area (Å²) in [6.07, 6.45) is 4.45. The van der Waals surface area contributed by atoms with E-state index >= 15 is 0 Å². The van der Waals surface area contributed by atoms with Crippen molar-refractivity contribution in [3.05, 3.63) is 48.0 Å². The number of amides is 1. The van der Waals surface area contributed by atoms with E-state index in [-0.39, 0.29) is 10.6 Å². The lowest BCUT2D eigenvalue weighted by molar-refractivity contribution is 0.0945. The number of benzene rings is 2. The van der Waals surface area contributed by atoms with Crippen LogP contribution in [0.1, 0.15) is 43.0 Å². The lowest BCUT2D eigenvalue weighted by Crippen LogP contribution is -2.41. The van der Waals surface area contributed by atoms with E-state index in [1.165, 1.54) is 45.3 Å². The highest BCUT2D eigenvalue weighted by Crippen LogP contribution is 2.29. The number of unbranched alkanes of at least 4 members (excludes halogenated alkanes) is 3. The van der Waals surface area contributed by atoms with Crippen LogP contribution in [0.25, 0.3) is 0 Å². The molecule has 8 nitrogen and oxygen atoms in total. The van der Waals surface area contributed by atoms with Crippen LogP contribution in [-0.2, 0) is 10.0 Å². The van der Waals surface area contributed by atoms with Crippen LogP contribution in [0.4, 0.5) is 0 Å². The number of carbonyl (C=O) groups excluding carboxylic acids is 1. The van der Waals surface area contributed by atoms with Crippen molar-refractivity contribution in [2.24, 2.45) is 0 Å². The van der Waals surface area contributed by atoms with Crippen LogP contribution in [0.15, 0.2) is 47.4 Å². The summed E-state index contributed by atoms with van der Waals surface area (Å²) in [6.45, 7) is 2.77. The van der Waals surface area contributed by atoms with Gasteiger partial charge in [0.05, 0.1) is 25.7 Å². The lowest BCUT2D eigenvalue weighted by atomic mass is 10.2. The van der Waals surface area contributed by atoms with Crippen molar-refractivity contribution in [3.8, 4) is 17.2 Å². The fraction of sp³-hybridized carbons (Fsp3) is 0.381. The summed E-state index contributed by atoms with van der Waals surface area (Å²) < 4.78 is 40.7. The summed E-state index contributed by atoms with van der Waals surface area (Å²) in [5, 5.41) is 0. The van der Waals surface area contributed by atoms with Gasteiger partial charge in [-0.15, -0.1) is 4.83 Å². The number of nitrogens with one attached hydrogen (secondary N) is 2. The van der Waals surface area contributed by atoms with Crippen LogP contribution in [0.2, 0.25) is 0 Å². The van der Waals surface area contributed by atoms with Gasteiger partial charge < -0.3 is 14.2 Å². The first-order valence-corrected chi connectivity index (χ1v) is 11.2. The van der Waals surface area contributed by atoms with Crippen molar-refractivity contribution in [2.75, 3.05) is 20.8 Å². The molecule has 0 aliphatic carbocycles. The quantitative estimate of drug-likeness (QED) is 0.391. The topological polar surface area (TPSA) is 103 Å². The van der Waals surface area contributed by atoms with E-state index in [9.17, 15) is 13.2 Å². The molecular weight excluding hydrogens is 408 g/mol. The summed E-state index contributed by atoms with van der Waals surface area (Å²) in [5.74, 6) is 0.729. The third kappa shape index (κ3) is 6.64. The molecule has 0 saturated carbocycles. The molecule has 30 heavy (non-hydrogen) atoms. The van der Waals surface area contributed by atoms with Crippen molar-refractivity contribution >= 4 is 15.9 Å². The Morgan fingerprint density at radius 3 is 2.27 bits per heavy atom. The Hall–Kier alpha value is -2.78. The maximum absolute atomic E-state index is 12.4. The Labute approximate surface area is 177 Å². The third-order valence-electron chi connectivity index (χ3n) is 4.35. The van der Waals surface area contributed by atoms with Crippen LogP contribution in [0.5, 0.6) is 17.2 Å². The Morgan fingerprint density at radius 1 is 0.933 bits per heavy atom. The molecule has 0 spiro atoms. The molecule has 0 aliphatic rings. The molecule has 0 fully saturated rings. The summed E-state index contributed by atoms with van der Waals surface area (Å²) in [4.78, 5) is 14.3. The third-order valence-corrected chi connectivity index (χ3v) is 5.59. The molecule has 0 aliphatic heterocycles. The number of hydrogen-bond donors (Lipinski definition) is 2. The first-order chi connectivity index (χ1) is 14.4. The number of ether oxygens (including phenoxy) is 3. The van der Waals surface area contributed by atoms with E-state index in [2.05, 4.69) is 17.2 Å². The van der Waals surface area contributed by atoms with Gasteiger partial charge in [0.15, 0.2) is 11.5 Å². The number of carbonyl (C=O) groups is 1. The summed E-state index contributed by atoms with van der Waals surface area (Å²) in [6, 6.07) is 10.6.